The molecule has 1 aliphatic rings. The first-order valence-corrected chi connectivity index (χ1v) is 8.15. The summed E-state index contributed by atoms with van der Waals surface area (Å²) in [6.07, 6.45) is 14.6. The molecule has 24 heavy (non-hydrogen) atoms. The van der Waals surface area contributed by atoms with Crippen LogP contribution in [0.15, 0.2) is 88.0 Å². The smallest absolute Gasteiger partial charge is 0.128 e. The molecule has 0 spiro atoms. The molecule has 0 saturated heterocycles. The number of rotatable bonds is 7. The van der Waals surface area contributed by atoms with Gasteiger partial charge in [0.2, 0.25) is 0 Å². The van der Waals surface area contributed by atoms with Gasteiger partial charge in [0.1, 0.15) is 5.83 Å². The van der Waals surface area contributed by atoms with Crippen LogP contribution in [0, 0.1) is 0 Å². The zero-order valence-electron chi connectivity index (χ0n) is 14.9. The van der Waals surface area contributed by atoms with Gasteiger partial charge in [0, 0.05) is 29.6 Å². The van der Waals surface area contributed by atoms with E-state index in [1.54, 1.807) is 12.3 Å². The van der Waals surface area contributed by atoms with Gasteiger partial charge in [-0.1, -0.05) is 42.5 Å². The molecule has 1 aliphatic carbocycles. The SMILES string of the molecule is C=N/C=C(C(=C)NCC1=C(/C)CC/C=C/C=C\1F)/C(/C=C\C)=C/C. The summed E-state index contributed by atoms with van der Waals surface area (Å²) in [7, 11) is 0. The number of nitrogens with zero attached hydrogens (tertiary/aromatic N) is 1. The molecule has 0 aromatic rings. The molecule has 0 radical (unpaired) electrons. The maximum Gasteiger partial charge on any atom is 0.128 e. The Labute approximate surface area is 145 Å². The second kappa shape index (κ2) is 10.4. The molecule has 1 N–H and O–H groups in total. The van der Waals surface area contributed by atoms with Crippen LogP contribution in [0.2, 0.25) is 0 Å². The fourth-order valence-corrected chi connectivity index (χ4v) is 2.47. The zero-order valence-corrected chi connectivity index (χ0v) is 14.9. The maximum atomic E-state index is 14.3. The van der Waals surface area contributed by atoms with Crippen LogP contribution in [0.4, 0.5) is 4.39 Å². The molecule has 0 aromatic heterocycles. The summed E-state index contributed by atoms with van der Waals surface area (Å²) in [5.74, 6) is -0.198. The van der Waals surface area contributed by atoms with Gasteiger partial charge in [0.15, 0.2) is 0 Å². The van der Waals surface area contributed by atoms with Crippen LogP contribution in [0.5, 0.6) is 0 Å². The van der Waals surface area contributed by atoms with E-state index >= 15 is 0 Å². The van der Waals surface area contributed by atoms with Crippen molar-refractivity contribution >= 4 is 6.72 Å². The van der Waals surface area contributed by atoms with Gasteiger partial charge in [-0.3, -0.25) is 4.99 Å². The molecule has 0 bridgehead atoms. The van der Waals surface area contributed by atoms with Gasteiger partial charge in [-0.25, -0.2) is 4.39 Å². The quantitative estimate of drug-likeness (QED) is 0.470. The highest BCUT2D eigenvalue weighted by molar-refractivity contribution is 5.51. The lowest BCUT2D eigenvalue weighted by molar-refractivity contribution is 0.632. The fourth-order valence-electron chi connectivity index (χ4n) is 2.47. The summed E-state index contributed by atoms with van der Waals surface area (Å²) in [5, 5.41) is 3.23. The Bertz CT molecular complexity index is 655. The lowest BCUT2D eigenvalue weighted by atomic mass is 10.00. The lowest BCUT2D eigenvalue weighted by Gasteiger charge is -2.17. The van der Waals surface area contributed by atoms with Crippen LogP contribution in [0.3, 0.4) is 0 Å². The van der Waals surface area contributed by atoms with Crippen LogP contribution in [0.25, 0.3) is 0 Å². The monoisotopic (exact) mass is 326 g/mol. The molecule has 1 rings (SSSR count). The number of allylic oxidation sites excluding steroid dienone is 8. The molecule has 3 heteroatoms. The van der Waals surface area contributed by atoms with E-state index in [9.17, 15) is 4.39 Å². The molecule has 0 fully saturated rings. The summed E-state index contributed by atoms with van der Waals surface area (Å²) >= 11 is 0. The zero-order chi connectivity index (χ0) is 17.9. The van der Waals surface area contributed by atoms with Crippen LogP contribution < -0.4 is 5.32 Å². The summed E-state index contributed by atoms with van der Waals surface area (Å²) in [4.78, 5) is 3.87. The van der Waals surface area contributed by atoms with E-state index < -0.39 is 0 Å². The Kier molecular flexibility index (Phi) is 8.48. The van der Waals surface area contributed by atoms with Crippen molar-refractivity contribution in [3.63, 3.8) is 0 Å². The highest BCUT2D eigenvalue weighted by atomic mass is 19.1. The summed E-state index contributed by atoms with van der Waals surface area (Å²) in [6, 6.07) is 0. The van der Waals surface area contributed by atoms with Crippen LogP contribution >= 0.6 is 0 Å². The molecular formula is C21H27FN2. The third kappa shape index (κ3) is 5.65. The number of hydrogen-bond donors (Lipinski definition) is 1. The van der Waals surface area contributed by atoms with Crippen molar-refractivity contribution < 1.29 is 4.39 Å². The normalized spacial score (nSPS) is 23.2. The van der Waals surface area contributed by atoms with Crippen molar-refractivity contribution in [1.29, 1.82) is 0 Å². The summed E-state index contributed by atoms with van der Waals surface area (Å²) in [5.41, 5.74) is 4.28. The van der Waals surface area contributed by atoms with Crippen molar-refractivity contribution in [3.05, 3.63) is 83.1 Å². The Morgan fingerprint density at radius 2 is 2.17 bits per heavy atom. The number of hydrogen-bond acceptors (Lipinski definition) is 2. The Balaban J connectivity index is 2.96. The predicted molar refractivity (Wildman–Crippen MR) is 104 cm³/mol. The van der Waals surface area contributed by atoms with Gasteiger partial charge >= 0.3 is 0 Å². The van der Waals surface area contributed by atoms with E-state index in [1.165, 1.54) is 6.08 Å². The average molecular weight is 326 g/mol. The number of nitrogens with one attached hydrogen (secondary N) is 1. The highest BCUT2D eigenvalue weighted by Crippen LogP contribution is 2.23. The van der Waals surface area contributed by atoms with E-state index in [0.29, 0.717) is 17.8 Å². The molecule has 0 unspecified atom stereocenters. The van der Waals surface area contributed by atoms with Crippen molar-refractivity contribution in [1.82, 2.24) is 5.32 Å². The van der Waals surface area contributed by atoms with E-state index in [2.05, 4.69) is 23.6 Å². The molecule has 0 aromatic carbocycles. The average Bonchev–Trinajstić information content (AvgIpc) is 2.56. The standard InChI is InChI=1S/C21H27FN2/c1-6-11-18(7-2)20(14-23-5)17(4)24-15-19-16(3)12-9-8-10-13-21(19)22/h6-8,10-11,13-14,24H,4-5,9,12,15H2,1-3H3/b10-8+,11-6-,18-7+,19-16+,20-14+,21-13+. The van der Waals surface area contributed by atoms with Gasteiger partial charge in [-0.05, 0) is 52.0 Å². The predicted octanol–water partition coefficient (Wildman–Crippen LogP) is 5.72. The largest absolute Gasteiger partial charge is 0.381 e. The van der Waals surface area contributed by atoms with Gasteiger partial charge in [-0.15, -0.1) is 0 Å². The van der Waals surface area contributed by atoms with E-state index in [0.717, 1.165) is 29.6 Å². The van der Waals surface area contributed by atoms with Gasteiger partial charge < -0.3 is 5.32 Å². The number of aliphatic imine (C=N–C) groups is 1. The fraction of sp³-hybridized carbons (Fsp3) is 0.286. The van der Waals surface area contributed by atoms with Crippen LogP contribution in [-0.2, 0) is 0 Å². The molecule has 2 nitrogen and oxygen atoms in total. The topological polar surface area (TPSA) is 24.4 Å². The van der Waals surface area contributed by atoms with E-state index in [1.807, 2.05) is 45.1 Å². The van der Waals surface area contributed by atoms with Gasteiger partial charge in [0.05, 0.1) is 0 Å². The molecule has 128 valence electrons. The van der Waals surface area contributed by atoms with Crippen molar-refractivity contribution in [3.8, 4) is 0 Å². The molecule has 0 aliphatic heterocycles. The molecule has 0 atom stereocenters. The molecular weight excluding hydrogens is 299 g/mol. The van der Waals surface area contributed by atoms with E-state index in [-0.39, 0.29) is 5.83 Å². The minimum Gasteiger partial charge on any atom is -0.381 e. The first-order chi connectivity index (χ1) is 11.5. The Morgan fingerprint density at radius 3 is 2.79 bits per heavy atom. The first-order valence-electron chi connectivity index (χ1n) is 8.15. The Morgan fingerprint density at radius 1 is 1.42 bits per heavy atom. The second-order valence-corrected chi connectivity index (χ2v) is 5.54. The molecule has 0 heterocycles. The van der Waals surface area contributed by atoms with Gasteiger partial charge in [-0.2, -0.15) is 0 Å². The number of halogens is 1. The van der Waals surface area contributed by atoms with Crippen molar-refractivity contribution in [2.45, 2.75) is 33.6 Å². The first kappa shape index (κ1) is 19.6. The molecule has 0 amide bonds. The third-order valence-electron chi connectivity index (χ3n) is 3.86. The minimum absolute atomic E-state index is 0.198. The van der Waals surface area contributed by atoms with E-state index in [4.69, 9.17) is 0 Å². The van der Waals surface area contributed by atoms with Crippen molar-refractivity contribution in [2.75, 3.05) is 6.54 Å². The molecule has 0 saturated carbocycles. The van der Waals surface area contributed by atoms with Gasteiger partial charge in [0.25, 0.3) is 0 Å². The van der Waals surface area contributed by atoms with Crippen LogP contribution in [0.1, 0.15) is 33.6 Å². The van der Waals surface area contributed by atoms with Crippen molar-refractivity contribution in [2.24, 2.45) is 4.99 Å². The highest BCUT2D eigenvalue weighted by Gasteiger charge is 2.12. The van der Waals surface area contributed by atoms with Crippen LogP contribution in [-0.4, -0.2) is 13.3 Å². The lowest BCUT2D eigenvalue weighted by Crippen LogP contribution is -2.19. The summed E-state index contributed by atoms with van der Waals surface area (Å²) in [6.45, 7) is 13.9. The summed E-state index contributed by atoms with van der Waals surface area (Å²) < 4.78 is 14.3. The minimum atomic E-state index is -0.198. The third-order valence-corrected chi connectivity index (χ3v) is 3.86. The maximum absolute atomic E-state index is 14.3. The Hall–Kier alpha value is -2.42. The second-order valence-electron chi connectivity index (χ2n) is 5.54.